The van der Waals surface area contributed by atoms with Gasteiger partial charge in [0.15, 0.2) is 0 Å². The van der Waals surface area contributed by atoms with Gasteiger partial charge in [0.1, 0.15) is 6.10 Å². The smallest absolute Gasteiger partial charge is 0.417 e. The molecule has 0 aromatic heterocycles. The van der Waals surface area contributed by atoms with Crippen molar-refractivity contribution in [1.82, 2.24) is 0 Å². The Labute approximate surface area is 78.5 Å². The molecule has 13 heavy (non-hydrogen) atoms. The van der Waals surface area contributed by atoms with Gasteiger partial charge in [-0.25, -0.2) is 4.79 Å². The number of ether oxygens (including phenoxy) is 1. The van der Waals surface area contributed by atoms with Crippen molar-refractivity contribution in [3.05, 3.63) is 35.4 Å². The van der Waals surface area contributed by atoms with Gasteiger partial charge in [-0.3, -0.25) is 0 Å². The van der Waals surface area contributed by atoms with Crippen LogP contribution < -0.4 is 0 Å². The molecule has 2 nitrogen and oxygen atoms in total. The number of benzene rings is 1. The summed E-state index contributed by atoms with van der Waals surface area (Å²) >= 11 is 0. The SMILES string of the molecule is Cc1ccc(CC(C)O[C]=O)cc1. The summed E-state index contributed by atoms with van der Waals surface area (Å²) < 4.78 is 4.67. The highest BCUT2D eigenvalue weighted by molar-refractivity contribution is 5.38. The maximum absolute atomic E-state index is 9.91. The molecule has 0 bridgehead atoms. The minimum atomic E-state index is -0.0970. The zero-order valence-electron chi connectivity index (χ0n) is 7.91. The summed E-state index contributed by atoms with van der Waals surface area (Å²) in [5.74, 6) is 0. The molecule has 1 aromatic carbocycles. The van der Waals surface area contributed by atoms with Crippen LogP contribution >= 0.6 is 0 Å². The van der Waals surface area contributed by atoms with E-state index in [1.165, 1.54) is 17.6 Å². The molecule has 1 radical (unpaired) electrons. The minimum Gasteiger partial charge on any atom is -0.454 e. The third-order valence-corrected chi connectivity index (χ3v) is 1.89. The van der Waals surface area contributed by atoms with Crippen molar-refractivity contribution in [1.29, 1.82) is 0 Å². The summed E-state index contributed by atoms with van der Waals surface area (Å²) in [7, 11) is 0. The van der Waals surface area contributed by atoms with Gasteiger partial charge in [0, 0.05) is 6.42 Å². The first kappa shape index (κ1) is 9.78. The molecule has 2 heteroatoms. The topological polar surface area (TPSA) is 26.3 Å². The van der Waals surface area contributed by atoms with Crippen LogP contribution in [0.25, 0.3) is 0 Å². The molecule has 0 aliphatic heterocycles. The second kappa shape index (κ2) is 4.65. The van der Waals surface area contributed by atoms with Crippen molar-refractivity contribution >= 4 is 6.47 Å². The highest BCUT2D eigenvalue weighted by Crippen LogP contribution is 2.07. The molecule has 1 atom stereocenters. The van der Waals surface area contributed by atoms with Gasteiger partial charge < -0.3 is 4.74 Å². The molecular weight excluding hydrogens is 164 g/mol. The lowest BCUT2D eigenvalue weighted by molar-refractivity contribution is 0.194. The van der Waals surface area contributed by atoms with Crippen LogP contribution in [-0.4, -0.2) is 12.6 Å². The summed E-state index contributed by atoms with van der Waals surface area (Å²) in [4.78, 5) is 9.91. The van der Waals surface area contributed by atoms with Crippen molar-refractivity contribution in [2.75, 3.05) is 0 Å². The van der Waals surface area contributed by atoms with Crippen LogP contribution in [0.3, 0.4) is 0 Å². The Morgan fingerprint density at radius 3 is 2.54 bits per heavy atom. The molecule has 0 saturated carbocycles. The first-order valence-electron chi connectivity index (χ1n) is 4.30. The molecule has 0 saturated heterocycles. The van der Waals surface area contributed by atoms with Crippen LogP contribution in [0.4, 0.5) is 0 Å². The van der Waals surface area contributed by atoms with Crippen LogP contribution in [0, 0.1) is 6.92 Å². The average Bonchev–Trinajstić information content (AvgIpc) is 2.09. The van der Waals surface area contributed by atoms with Crippen LogP contribution in [-0.2, 0) is 16.0 Å². The maximum Gasteiger partial charge on any atom is 0.417 e. The van der Waals surface area contributed by atoms with Crippen molar-refractivity contribution in [3.8, 4) is 0 Å². The Morgan fingerprint density at radius 2 is 2.00 bits per heavy atom. The average molecular weight is 177 g/mol. The predicted octanol–water partition coefficient (Wildman–Crippen LogP) is 2.01. The molecule has 0 aliphatic rings. The van der Waals surface area contributed by atoms with Crippen LogP contribution in [0.1, 0.15) is 18.1 Å². The second-order valence-electron chi connectivity index (χ2n) is 3.20. The number of hydrogen-bond acceptors (Lipinski definition) is 2. The lowest BCUT2D eigenvalue weighted by Gasteiger charge is -2.08. The molecule has 1 rings (SSSR count). The van der Waals surface area contributed by atoms with E-state index in [9.17, 15) is 4.79 Å². The van der Waals surface area contributed by atoms with E-state index in [2.05, 4.69) is 4.74 Å². The standard InChI is InChI=1S/C11H13O2/c1-9-3-5-11(6-4-9)7-10(2)13-8-12/h3-6,10H,7H2,1-2H3. The van der Waals surface area contributed by atoms with Crippen molar-refractivity contribution in [2.45, 2.75) is 26.4 Å². The second-order valence-corrected chi connectivity index (χ2v) is 3.20. The lowest BCUT2D eigenvalue weighted by Crippen LogP contribution is -2.10. The fourth-order valence-corrected chi connectivity index (χ4v) is 1.18. The molecule has 0 fully saturated rings. The van der Waals surface area contributed by atoms with E-state index in [4.69, 9.17) is 0 Å². The van der Waals surface area contributed by atoms with Gasteiger partial charge >= 0.3 is 6.47 Å². The third-order valence-electron chi connectivity index (χ3n) is 1.89. The third kappa shape index (κ3) is 3.28. The highest BCUT2D eigenvalue weighted by Gasteiger charge is 2.02. The number of rotatable bonds is 4. The fraction of sp³-hybridized carbons (Fsp3) is 0.364. The van der Waals surface area contributed by atoms with E-state index in [0.29, 0.717) is 0 Å². The zero-order valence-corrected chi connectivity index (χ0v) is 7.91. The van der Waals surface area contributed by atoms with E-state index in [1.54, 1.807) is 0 Å². The zero-order chi connectivity index (χ0) is 9.68. The van der Waals surface area contributed by atoms with E-state index in [1.807, 2.05) is 38.1 Å². The molecule has 0 amide bonds. The molecule has 1 aromatic rings. The van der Waals surface area contributed by atoms with Gasteiger partial charge in [0.05, 0.1) is 0 Å². The van der Waals surface area contributed by atoms with Crippen LogP contribution in [0.15, 0.2) is 24.3 Å². The van der Waals surface area contributed by atoms with Gasteiger partial charge in [-0.15, -0.1) is 0 Å². The summed E-state index contributed by atoms with van der Waals surface area (Å²) in [6.07, 6.45) is 0.649. The molecular formula is C11H13O2. The molecule has 0 spiro atoms. The quantitative estimate of drug-likeness (QED) is 0.703. The molecule has 69 valence electrons. The Balaban J connectivity index is 2.53. The lowest BCUT2D eigenvalue weighted by atomic mass is 10.1. The minimum absolute atomic E-state index is 0.0970. The number of carbonyl (C=O) groups excluding carboxylic acids is 1. The first-order valence-corrected chi connectivity index (χ1v) is 4.30. The molecule has 0 heterocycles. The van der Waals surface area contributed by atoms with Crippen molar-refractivity contribution in [2.24, 2.45) is 0 Å². The van der Waals surface area contributed by atoms with Crippen molar-refractivity contribution in [3.63, 3.8) is 0 Å². The Morgan fingerprint density at radius 1 is 1.38 bits per heavy atom. The van der Waals surface area contributed by atoms with Gasteiger partial charge in [-0.1, -0.05) is 29.8 Å². The summed E-state index contributed by atoms with van der Waals surface area (Å²) in [6, 6.07) is 8.18. The highest BCUT2D eigenvalue weighted by atomic mass is 16.5. The molecule has 1 unspecified atom stereocenters. The molecule has 0 N–H and O–H groups in total. The summed E-state index contributed by atoms with van der Waals surface area (Å²) in [6.45, 7) is 5.35. The first-order chi connectivity index (χ1) is 6.22. The van der Waals surface area contributed by atoms with Crippen molar-refractivity contribution < 1.29 is 9.53 Å². The van der Waals surface area contributed by atoms with Crippen LogP contribution in [0.2, 0.25) is 0 Å². The van der Waals surface area contributed by atoms with E-state index >= 15 is 0 Å². The summed E-state index contributed by atoms with van der Waals surface area (Å²) in [5, 5.41) is 0. The monoisotopic (exact) mass is 177 g/mol. The van der Waals surface area contributed by atoms with E-state index < -0.39 is 0 Å². The largest absolute Gasteiger partial charge is 0.454 e. The number of aryl methyl sites for hydroxylation is 1. The van der Waals surface area contributed by atoms with Gasteiger partial charge in [0.25, 0.3) is 0 Å². The normalized spacial score (nSPS) is 12.2. The van der Waals surface area contributed by atoms with Gasteiger partial charge in [-0.2, -0.15) is 0 Å². The Kier molecular flexibility index (Phi) is 3.50. The van der Waals surface area contributed by atoms with Gasteiger partial charge in [0.2, 0.25) is 0 Å². The van der Waals surface area contributed by atoms with E-state index in [0.717, 1.165) is 6.42 Å². The van der Waals surface area contributed by atoms with Gasteiger partial charge in [-0.05, 0) is 19.4 Å². The maximum atomic E-state index is 9.91. The van der Waals surface area contributed by atoms with Crippen LogP contribution in [0.5, 0.6) is 0 Å². The number of hydrogen-bond donors (Lipinski definition) is 0. The Hall–Kier alpha value is -1.31. The van der Waals surface area contributed by atoms with E-state index in [-0.39, 0.29) is 6.10 Å². The Bertz CT molecular complexity index is 264. The predicted molar refractivity (Wildman–Crippen MR) is 51.1 cm³/mol. The fourth-order valence-electron chi connectivity index (χ4n) is 1.18. The molecule has 0 aliphatic carbocycles. The summed E-state index contributed by atoms with van der Waals surface area (Å²) in [5.41, 5.74) is 2.41.